The average Bonchev–Trinajstić information content (AvgIpc) is 2.50. The Labute approximate surface area is 133 Å². The zero-order valence-corrected chi connectivity index (χ0v) is 14.2. The van der Waals surface area contributed by atoms with Crippen LogP contribution in [0.3, 0.4) is 0 Å². The zero-order chi connectivity index (χ0) is 16.7. The summed E-state index contributed by atoms with van der Waals surface area (Å²) in [6.07, 6.45) is 0. The van der Waals surface area contributed by atoms with Gasteiger partial charge in [0, 0.05) is 7.11 Å². The molecule has 22 heavy (non-hydrogen) atoms. The van der Waals surface area contributed by atoms with Crippen molar-refractivity contribution < 1.29 is 33.2 Å². The largest absolute Gasteiger partial charge is 0.469 e. The molecule has 0 unspecified atom stereocenters. The summed E-state index contributed by atoms with van der Waals surface area (Å²) in [6.45, 7) is 8.04. The number of esters is 1. The van der Waals surface area contributed by atoms with Gasteiger partial charge in [-0.15, -0.1) is 0 Å². The number of hydrogen-bond acceptors (Lipinski definition) is 7. The summed E-state index contributed by atoms with van der Waals surface area (Å²) in [6, 6.07) is 0. The molecule has 0 aliphatic heterocycles. The summed E-state index contributed by atoms with van der Waals surface area (Å²) in [5.41, 5.74) is -0.638. The van der Waals surface area contributed by atoms with Crippen molar-refractivity contribution in [3.05, 3.63) is 0 Å². The molecule has 0 amide bonds. The Kier molecular flexibility index (Phi) is 13.4. The average molecular weight is 322 g/mol. The molecule has 7 heteroatoms. The van der Waals surface area contributed by atoms with Crippen LogP contribution in [0.25, 0.3) is 0 Å². The number of carbonyl (C=O) groups is 1. The third-order valence-electron chi connectivity index (χ3n) is 2.75. The predicted octanol–water partition coefficient (Wildman–Crippen LogP) is 0.898. The van der Waals surface area contributed by atoms with E-state index in [1.807, 2.05) is 0 Å². The lowest BCUT2D eigenvalue weighted by molar-refractivity contribution is -0.154. The summed E-state index contributed by atoms with van der Waals surface area (Å²) < 4.78 is 30.9. The second-order valence-electron chi connectivity index (χ2n) is 5.26. The van der Waals surface area contributed by atoms with Gasteiger partial charge in [0.2, 0.25) is 0 Å². The van der Waals surface area contributed by atoms with Crippen LogP contribution in [0.1, 0.15) is 13.8 Å². The van der Waals surface area contributed by atoms with Gasteiger partial charge < -0.3 is 28.4 Å². The molecule has 0 atom stereocenters. The smallest absolute Gasteiger partial charge is 0.313 e. The number of hydrogen-bond donors (Lipinski definition) is 0. The molecular weight excluding hydrogens is 292 g/mol. The van der Waals surface area contributed by atoms with Gasteiger partial charge >= 0.3 is 5.97 Å². The lowest BCUT2D eigenvalue weighted by Crippen LogP contribution is -2.31. The Bertz CT molecular complexity index is 269. The van der Waals surface area contributed by atoms with Crippen LogP contribution in [0, 0.1) is 5.41 Å². The molecule has 0 aliphatic carbocycles. The van der Waals surface area contributed by atoms with Crippen molar-refractivity contribution in [1.82, 2.24) is 0 Å². The van der Waals surface area contributed by atoms with E-state index in [0.29, 0.717) is 59.5 Å². The lowest BCUT2D eigenvalue weighted by Gasteiger charge is -2.21. The Morgan fingerprint density at radius 3 is 1.55 bits per heavy atom. The van der Waals surface area contributed by atoms with Crippen LogP contribution in [0.2, 0.25) is 0 Å². The van der Waals surface area contributed by atoms with Gasteiger partial charge in [-0.3, -0.25) is 4.79 Å². The first-order chi connectivity index (χ1) is 10.5. The van der Waals surface area contributed by atoms with Crippen molar-refractivity contribution in [2.45, 2.75) is 13.8 Å². The van der Waals surface area contributed by atoms with Crippen molar-refractivity contribution >= 4 is 5.97 Å². The van der Waals surface area contributed by atoms with E-state index in [9.17, 15) is 4.79 Å². The van der Waals surface area contributed by atoms with Gasteiger partial charge in [0.15, 0.2) is 0 Å². The maximum absolute atomic E-state index is 11.4. The fraction of sp³-hybridized carbons (Fsp3) is 0.933. The molecule has 0 radical (unpaired) electrons. The highest BCUT2D eigenvalue weighted by atomic mass is 16.6. The molecule has 0 aromatic carbocycles. The minimum absolute atomic E-state index is 0.283. The van der Waals surface area contributed by atoms with E-state index in [0.717, 1.165) is 0 Å². The number of methoxy groups -OCH3 is 2. The Balaban J connectivity index is 3.25. The fourth-order valence-corrected chi connectivity index (χ4v) is 1.46. The van der Waals surface area contributed by atoms with Crippen molar-refractivity contribution in [3.63, 3.8) is 0 Å². The van der Waals surface area contributed by atoms with Gasteiger partial charge in [0.05, 0.1) is 72.0 Å². The first-order valence-corrected chi connectivity index (χ1v) is 7.43. The quantitative estimate of drug-likeness (QED) is 0.327. The second kappa shape index (κ2) is 13.9. The molecule has 7 nitrogen and oxygen atoms in total. The van der Waals surface area contributed by atoms with Gasteiger partial charge in [-0.2, -0.15) is 0 Å². The topological polar surface area (TPSA) is 72.5 Å². The van der Waals surface area contributed by atoms with Crippen LogP contribution < -0.4 is 0 Å². The highest BCUT2D eigenvalue weighted by Gasteiger charge is 2.28. The summed E-state index contributed by atoms with van der Waals surface area (Å²) in [7, 11) is 3.01. The Morgan fingerprint density at radius 1 is 0.727 bits per heavy atom. The summed E-state index contributed by atoms with van der Waals surface area (Å²) in [5, 5.41) is 0. The van der Waals surface area contributed by atoms with Crippen LogP contribution in [0.5, 0.6) is 0 Å². The Morgan fingerprint density at radius 2 is 1.14 bits per heavy atom. The summed E-state index contributed by atoms with van der Waals surface area (Å²) in [5.74, 6) is -0.283. The summed E-state index contributed by atoms with van der Waals surface area (Å²) in [4.78, 5) is 11.4. The maximum atomic E-state index is 11.4. The monoisotopic (exact) mass is 322 g/mol. The van der Waals surface area contributed by atoms with Crippen LogP contribution in [0.4, 0.5) is 0 Å². The van der Waals surface area contributed by atoms with Crippen LogP contribution >= 0.6 is 0 Å². The van der Waals surface area contributed by atoms with Crippen molar-refractivity contribution in [2.24, 2.45) is 5.41 Å². The first kappa shape index (κ1) is 21.3. The van der Waals surface area contributed by atoms with E-state index in [4.69, 9.17) is 28.4 Å². The zero-order valence-electron chi connectivity index (χ0n) is 14.2. The molecule has 0 spiro atoms. The molecule has 0 saturated heterocycles. The molecule has 0 fully saturated rings. The standard InChI is InChI=1S/C15H30O7/c1-15(2,14(16)18-4)13-22-12-11-21-10-9-20-8-7-19-6-5-17-3/h5-13H2,1-4H3. The van der Waals surface area contributed by atoms with Gasteiger partial charge in [0.25, 0.3) is 0 Å². The van der Waals surface area contributed by atoms with Gasteiger partial charge in [-0.1, -0.05) is 0 Å². The third kappa shape index (κ3) is 11.9. The highest BCUT2D eigenvalue weighted by Crippen LogP contribution is 2.16. The molecule has 0 aliphatic rings. The molecule has 0 heterocycles. The second-order valence-corrected chi connectivity index (χ2v) is 5.26. The Hall–Kier alpha value is -0.730. The molecule has 132 valence electrons. The summed E-state index contributed by atoms with van der Waals surface area (Å²) >= 11 is 0. The van der Waals surface area contributed by atoms with Gasteiger partial charge in [-0.05, 0) is 13.8 Å². The van der Waals surface area contributed by atoms with Crippen molar-refractivity contribution in [2.75, 3.05) is 73.7 Å². The van der Waals surface area contributed by atoms with E-state index < -0.39 is 5.41 Å². The van der Waals surface area contributed by atoms with Crippen molar-refractivity contribution in [1.29, 1.82) is 0 Å². The third-order valence-corrected chi connectivity index (χ3v) is 2.75. The normalized spacial score (nSPS) is 11.6. The van der Waals surface area contributed by atoms with Crippen LogP contribution in [-0.2, 0) is 33.2 Å². The van der Waals surface area contributed by atoms with E-state index in [2.05, 4.69) is 0 Å². The molecule has 0 saturated carbocycles. The van der Waals surface area contributed by atoms with Crippen LogP contribution in [0.15, 0.2) is 0 Å². The van der Waals surface area contributed by atoms with Crippen molar-refractivity contribution in [3.8, 4) is 0 Å². The molecule has 0 bridgehead atoms. The van der Waals surface area contributed by atoms with E-state index in [-0.39, 0.29) is 5.97 Å². The predicted molar refractivity (Wildman–Crippen MR) is 80.9 cm³/mol. The SMILES string of the molecule is COCCOCCOCCOCCOCC(C)(C)C(=O)OC. The molecule has 0 N–H and O–H groups in total. The fourth-order valence-electron chi connectivity index (χ4n) is 1.46. The first-order valence-electron chi connectivity index (χ1n) is 7.43. The molecule has 0 rings (SSSR count). The lowest BCUT2D eigenvalue weighted by atomic mass is 9.95. The van der Waals surface area contributed by atoms with E-state index in [1.54, 1.807) is 21.0 Å². The number of carbonyl (C=O) groups excluding carboxylic acids is 1. The van der Waals surface area contributed by atoms with E-state index in [1.165, 1.54) is 7.11 Å². The van der Waals surface area contributed by atoms with Gasteiger partial charge in [0.1, 0.15) is 0 Å². The molecule has 0 aromatic heterocycles. The molecular formula is C15H30O7. The number of ether oxygens (including phenoxy) is 6. The minimum atomic E-state index is -0.638. The number of rotatable bonds is 15. The van der Waals surface area contributed by atoms with Gasteiger partial charge in [-0.25, -0.2) is 0 Å². The highest BCUT2D eigenvalue weighted by molar-refractivity contribution is 5.75. The minimum Gasteiger partial charge on any atom is -0.469 e. The maximum Gasteiger partial charge on any atom is 0.313 e. The molecule has 0 aromatic rings. The van der Waals surface area contributed by atoms with Crippen LogP contribution in [-0.4, -0.2) is 79.7 Å². The van der Waals surface area contributed by atoms with E-state index >= 15 is 0 Å².